The molecule has 2 N–H and O–H groups in total. The Hall–Kier alpha value is -3.02. The van der Waals surface area contributed by atoms with Crippen molar-refractivity contribution in [3.05, 3.63) is 53.5 Å². The summed E-state index contributed by atoms with van der Waals surface area (Å²) in [7, 11) is 0. The number of carbonyl (C=O) groups is 1. The lowest BCUT2D eigenvalue weighted by Crippen LogP contribution is -2.07. The molecule has 0 radical (unpaired) electrons. The van der Waals surface area contributed by atoms with Gasteiger partial charge in [-0.25, -0.2) is 9.37 Å². The van der Waals surface area contributed by atoms with Crippen molar-refractivity contribution >= 4 is 34.9 Å². The van der Waals surface area contributed by atoms with E-state index in [2.05, 4.69) is 20.5 Å². The van der Waals surface area contributed by atoms with Crippen LogP contribution >= 0.6 is 0 Å². The SMILES string of the molecule is CC(=O)Nc1ccc2[nH]nc(/C=C/c3ccc(F)cc3)c2n1. The maximum absolute atomic E-state index is 12.9. The lowest BCUT2D eigenvalue weighted by molar-refractivity contribution is -0.114. The molecule has 0 spiro atoms. The van der Waals surface area contributed by atoms with Crippen molar-refractivity contribution in [2.45, 2.75) is 6.92 Å². The summed E-state index contributed by atoms with van der Waals surface area (Å²) in [6.45, 7) is 1.43. The van der Waals surface area contributed by atoms with E-state index < -0.39 is 0 Å². The summed E-state index contributed by atoms with van der Waals surface area (Å²) in [6.07, 6.45) is 3.61. The van der Waals surface area contributed by atoms with Gasteiger partial charge in [0.05, 0.1) is 5.52 Å². The molecule has 0 aliphatic heterocycles. The van der Waals surface area contributed by atoms with E-state index in [1.54, 1.807) is 30.3 Å². The molecule has 3 rings (SSSR count). The summed E-state index contributed by atoms with van der Waals surface area (Å²) < 4.78 is 12.9. The highest BCUT2D eigenvalue weighted by molar-refractivity contribution is 5.91. The third-order valence-corrected chi connectivity index (χ3v) is 3.04. The molecule has 0 aliphatic carbocycles. The molecule has 1 amide bonds. The quantitative estimate of drug-likeness (QED) is 0.779. The van der Waals surface area contributed by atoms with Crippen LogP contribution in [0.15, 0.2) is 36.4 Å². The third-order valence-electron chi connectivity index (χ3n) is 3.04. The Morgan fingerprint density at radius 2 is 1.95 bits per heavy atom. The normalized spacial score (nSPS) is 11.2. The number of aromatic nitrogens is 3. The fraction of sp³-hybridized carbons (Fsp3) is 0.0625. The van der Waals surface area contributed by atoms with Crippen LogP contribution in [0.4, 0.5) is 10.2 Å². The van der Waals surface area contributed by atoms with Crippen molar-refractivity contribution in [2.75, 3.05) is 5.32 Å². The Bertz CT molecular complexity index is 852. The van der Waals surface area contributed by atoms with Gasteiger partial charge < -0.3 is 5.32 Å². The van der Waals surface area contributed by atoms with Crippen molar-refractivity contribution in [2.24, 2.45) is 0 Å². The van der Waals surface area contributed by atoms with Crippen molar-refractivity contribution in [1.29, 1.82) is 0 Å². The van der Waals surface area contributed by atoms with E-state index in [9.17, 15) is 9.18 Å². The monoisotopic (exact) mass is 296 g/mol. The number of nitrogens with zero attached hydrogens (tertiary/aromatic N) is 2. The minimum atomic E-state index is -0.274. The number of anilines is 1. The zero-order valence-electron chi connectivity index (χ0n) is 11.8. The Kier molecular flexibility index (Phi) is 3.65. The highest BCUT2D eigenvalue weighted by Gasteiger charge is 2.06. The van der Waals surface area contributed by atoms with Crippen molar-refractivity contribution in [3.8, 4) is 0 Å². The molecule has 110 valence electrons. The highest BCUT2D eigenvalue weighted by atomic mass is 19.1. The summed E-state index contributed by atoms with van der Waals surface area (Å²) >= 11 is 0. The molecule has 1 aromatic carbocycles. The molecule has 22 heavy (non-hydrogen) atoms. The first-order valence-corrected chi connectivity index (χ1v) is 6.68. The average Bonchev–Trinajstić information content (AvgIpc) is 2.88. The molecule has 2 heterocycles. The molecule has 0 saturated heterocycles. The molecule has 6 heteroatoms. The van der Waals surface area contributed by atoms with Crippen molar-refractivity contribution in [1.82, 2.24) is 15.2 Å². The van der Waals surface area contributed by atoms with Crippen molar-refractivity contribution in [3.63, 3.8) is 0 Å². The van der Waals surface area contributed by atoms with Gasteiger partial charge in [-0.05, 0) is 35.9 Å². The summed E-state index contributed by atoms with van der Waals surface area (Å²) in [5.41, 5.74) is 2.93. The number of H-pyrrole nitrogens is 1. The van der Waals surface area contributed by atoms with E-state index in [1.165, 1.54) is 19.1 Å². The Labute approximate surface area is 125 Å². The fourth-order valence-corrected chi connectivity index (χ4v) is 2.03. The predicted molar refractivity (Wildman–Crippen MR) is 83.5 cm³/mol. The second-order valence-corrected chi connectivity index (χ2v) is 4.77. The zero-order chi connectivity index (χ0) is 15.5. The molecule has 0 aliphatic rings. The smallest absolute Gasteiger partial charge is 0.222 e. The van der Waals surface area contributed by atoms with Gasteiger partial charge >= 0.3 is 0 Å². The number of carbonyl (C=O) groups excluding carboxylic acids is 1. The molecule has 2 aromatic heterocycles. The topological polar surface area (TPSA) is 70.7 Å². The number of amides is 1. The van der Waals surface area contributed by atoms with Gasteiger partial charge in [0.25, 0.3) is 0 Å². The first-order chi connectivity index (χ1) is 10.6. The van der Waals surface area contributed by atoms with Crippen molar-refractivity contribution < 1.29 is 9.18 Å². The summed E-state index contributed by atoms with van der Waals surface area (Å²) in [4.78, 5) is 15.5. The minimum Gasteiger partial charge on any atom is -0.311 e. The Morgan fingerprint density at radius 3 is 2.68 bits per heavy atom. The first kappa shape index (κ1) is 13.9. The maximum Gasteiger partial charge on any atom is 0.222 e. The van der Waals surface area contributed by atoms with Gasteiger partial charge in [-0.3, -0.25) is 9.89 Å². The van der Waals surface area contributed by atoms with Crippen LogP contribution in [-0.2, 0) is 4.79 Å². The summed E-state index contributed by atoms with van der Waals surface area (Å²) in [5, 5.41) is 9.70. The van der Waals surface area contributed by atoms with Crippen LogP contribution in [0.5, 0.6) is 0 Å². The Balaban J connectivity index is 1.92. The standard InChI is InChI=1S/C16H13FN4O/c1-10(22)18-15-9-8-14-16(19-15)13(20-21-14)7-4-11-2-5-12(17)6-3-11/h2-9H,1H3,(H,20,21)(H,18,19,22)/b7-4+. The second kappa shape index (κ2) is 5.77. The van der Waals surface area contributed by atoms with Crippen LogP contribution in [-0.4, -0.2) is 21.1 Å². The van der Waals surface area contributed by atoms with Gasteiger partial charge in [0.15, 0.2) is 0 Å². The second-order valence-electron chi connectivity index (χ2n) is 4.77. The van der Waals surface area contributed by atoms with Gasteiger partial charge in [-0.1, -0.05) is 18.2 Å². The summed E-state index contributed by atoms with van der Waals surface area (Å²) in [5.74, 6) is 0.0144. The number of nitrogens with one attached hydrogen (secondary N) is 2. The molecule has 0 fully saturated rings. The lowest BCUT2D eigenvalue weighted by atomic mass is 10.2. The number of hydrogen-bond acceptors (Lipinski definition) is 3. The molecule has 3 aromatic rings. The van der Waals surface area contributed by atoms with Crippen LogP contribution in [0.3, 0.4) is 0 Å². The number of pyridine rings is 1. The highest BCUT2D eigenvalue weighted by Crippen LogP contribution is 2.18. The molecule has 0 saturated carbocycles. The average molecular weight is 296 g/mol. The van der Waals surface area contributed by atoms with Crippen LogP contribution in [0.25, 0.3) is 23.2 Å². The molecule has 0 bridgehead atoms. The molecule has 0 atom stereocenters. The van der Waals surface area contributed by atoms with Crippen LogP contribution in [0, 0.1) is 5.82 Å². The lowest BCUT2D eigenvalue weighted by Gasteiger charge is -2.00. The first-order valence-electron chi connectivity index (χ1n) is 6.68. The number of halogens is 1. The van der Waals surface area contributed by atoms with E-state index in [0.29, 0.717) is 17.0 Å². The molecular weight excluding hydrogens is 283 g/mol. The molecule has 0 unspecified atom stereocenters. The molecule has 5 nitrogen and oxygen atoms in total. The maximum atomic E-state index is 12.9. The number of aromatic amines is 1. The van der Waals surface area contributed by atoms with Gasteiger partial charge in [-0.15, -0.1) is 0 Å². The fourth-order valence-electron chi connectivity index (χ4n) is 2.03. The minimum absolute atomic E-state index is 0.182. The number of rotatable bonds is 3. The summed E-state index contributed by atoms with van der Waals surface area (Å²) in [6, 6.07) is 9.66. The van der Waals surface area contributed by atoms with Crippen LogP contribution < -0.4 is 5.32 Å². The van der Waals surface area contributed by atoms with Gasteiger partial charge in [0.1, 0.15) is 22.8 Å². The van der Waals surface area contributed by atoms with E-state index in [4.69, 9.17) is 0 Å². The van der Waals surface area contributed by atoms with Gasteiger partial charge in [0, 0.05) is 6.92 Å². The van der Waals surface area contributed by atoms with E-state index in [-0.39, 0.29) is 11.7 Å². The number of hydrogen-bond donors (Lipinski definition) is 2. The van der Waals surface area contributed by atoms with E-state index in [0.717, 1.165) is 11.1 Å². The Morgan fingerprint density at radius 1 is 1.18 bits per heavy atom. The number of benzene rings is 1. The van der Waals surface area contributed by atoms with E-state index in [1.807, 2.05) is 6.08 Å². The van der Waals surface area contributed by atoms with Gasteiger partial charge in [-0.2, -0.15) is 5.10 Å². The number of fused-ring (bicyclic) bond motifs is 1. The molecular formula is C16H13FN4O. The predicted octanol–water partition coefficient (Wildman–Crippen LogP) is 3.23. The third kappa shape index (κ3) is 3.01. The van der Waals surface area contributed by atoms with Crippen LogP contribution in [0.2, 0.25) is 0 Å². The zero-order valence-corrected chi connectivity index (χ0v) is 11.8. The van der Waals surface area contributed by atoms with Crippen LogP contribution in [0.1, 0.15) is 18.2 Å². The van der Waals surface area contributed by atoms with Gasteiger partial charge in [0.2, 0.25) is 5.91 Å². The largest absolute Gasteiger partial charge is 0.311 e. The van der Waals surface area contributed by atoms with E-state index >= 15 is 0 Å².